The van der Waals surface area contributed by atoms with E-state index >= 15 is 0 Å². The van der Waals surface area contributed by atoms with Crippen LogP contribution in [0.25, 0.3) is 10.8 Å². The van der Waals surface area contributed by atoms with Gasteiger partial charge in [0.1, 0.15) is 5.75 Å². The molecule has 126 valence electrons. The number of methoxy groups -OCH3 is 1. The van der Waals surface area contributed by atoms with Gasteiger partial charge in [-0.1, -0.05) is 42.5 Å². The zero-order chi connectivity index (χ0) is 17.8. The molecule has 0 aliphatic carbocycles. The Labute approximate surface area is 146 Å². The number of benzene rings is 3. The summed E-state index contributed by atoms with van der Waals surface area (Å²) < 4.78 is 10.3. The summed E-state index contributed by atoms with van der Waals surface area (Å²) in [7, 11) is 1.54. The molecular formula is C21H18O4. The summed E-state index contributed by atoms with van der Waals surface area (Å²) >= 11 is 0. The molecule has 0 atom stereocenters. The molecule has 3 aromatic rings. The molecule has 0 spiro atoms. The number of hydrogen-bond donors (Lipinski definition) is 0. The zero-order valence-electron chi connectivity index (χ0n) is 14.1. The second-order valence-electron chi connectivity index (χ2n) is 5.75. The Kier molecular flexibility index (Phi) is 4.80. The van der Waals surface area contributed by atoms with Gasteiger partial charge in [-0.25, -0.2) is 4.79 Å². The first-order valence-electron chi connectivity index (χ1n) is 7.92. The van der Waals surface area contributed by atoms with Gasteiger partial charge in [0.15, 0.2) is 12.4 Å². The van der Waals surface area contributed by atoms with Crippen LogP contribution in [0.15, 0.2) is 60.7 Å². The number of aryl methyl sites for hydroxylation is 1. The molecule has 0 bridgehead atoms. The van der Waals surface area contributed by atoms with Gasteiger partial charge in [-0.3, -0.25) is 4.79 Å². The number of fused-ring (bicyclic) bond motifs is 1. The average Bonchev–Trinajstić information content (AvgIpc) is 2.65. The van der Waals surface area contributed by atoms with Gasteiger partial charge < -0.3 is 9.47 Å². The van der Waals surface area contributed by atoms with Gasteiger partial charge in [0, 0.05) is 5.56 Å². The summed E-state index contributed by atoms with van der Waals surface area (Å²) in [6.45, 7) is 1.59. The molecule has 0 N–H and O–H groups in total. The molecule has 0 amide bonds. The minimum Gasteiger partial charge on any atom is -0.496 e. The van der Waals surface area contributed by atoms with E-state index in [-0.39, 0.29) is 12.4 Å². The van der Waals surface area contributed by atoms with Crippen LogP contribution < -0.4 is 4.74 Å². The largest absolute Gasteiger partial charge is 0.496 e. The third-order valence-corrected chi connectivity index (χ3v) is 4.05. The Balaban J connectivity index is 1.69. The minimum absolute atomic E-state index is 0.238. The monoisotopic (exact) mass is 334 g/mol. The molecule has 0 unspecified atom stereocenters. The van der Waals surface area contributed by atoms with Crippen LogP contribution in [-0.4, -0.2) is 25.5 Å². The van der Waals surface area contributed by atoms with Gasteiger partial charge in [0.25, 0.3) is 0 Å². The first-order valence-corrected chi connectivity index (χ1v) is 7.92. The molecule has 0 saturated heterocycles. The number of Topliss-reactive ketones (excluding diaryl/α,β-unsaturated/α-hetero) is 1. The van der Waals surface area contributed by atoms with Crippen LogP contribution in [0, 0.1) is 6.92 Å². The van der Waals surface area contributed by atoms with Crippen molar-refractivity contribution in [2.75, 3.05) is 13.7 Å². The highest BCUT2D eigenvalue weighted by Gasteiger charge is 2.13. The molecule has 4 heteroatoms. The maximum atomic E-state index is 12.3. The highest BCUT2D eigenvalue weighted by Crippen LogP contribution is 2.20. The van der Waals surface area contributed by atoms with Crippen molar-refractivity contribution in [1.82, 2.24) is 0 Å². The lowest BCUT2D eigenvalue weighted by atomic mass is 10.0. The average molecular weight is 334 g/mol. The molecule has 0 fully saturated rings. The lowest BCUT2D eigenvalue weighted by molar-refractivity contribution is 0.0474. The Hall–Kier alpha value is -3.14. The molecule has 3 rings (SSSR count). The molecule has 4 nitrogen and oxygen atoms in total. The lowest BCUT2D eigenvalue weighted by Gasteiger charge is -2.08. The second kappa shape index (κ2) is 7.18. The predicted molar refractivity (Wildman–Crippen MR) is 96.3 cm³/mol. The highest BCUT2D eigenvalue weighted by molar-refractivity contribution is 6.02. The van der Waals surface area contributed by atoms with Crippen LogP contribution in [0.3, 0.4) is 0 Å². The topological polar surface area (TPSA) is 52.6 Å². The minimum atomic E-state index is -0.549. The molecule has 0 aromatic heterocycles. The van der Waals surface area contributed by atoms with Gasteiger partial charge >= 0.3 is 5.97 Å². The number of hydrogen-bond acceptors (Lipinski definition) is 4. The highest BCUT2D eigenvalue weighted by atomic mass is 16.5. The molecule has 3 aromatic carbocycles. The number of ether oxygens (including phenoxy) is 2. The normalized spacial score (nSPS) is 10.5. The number of ketones is 1. The molecule has 0 heterocycles. The smallest absolute Gasteiger partial charge is 0.338 e. The maximum absolute atomic E-state index is 12.3. The van der Waals surface area contributed by atoms with Crippen LogP contribution in [0.2, 0.25) is 0 Å². The Morgan fingerprint density at radius 1 is 0.880 bits per heavy atom. The van der Waals surface area contributed by atoms with Crippen LogP contribution in [0.1, 0.15) is 26.3 Å². The number of carbonyl (C=O) groups excluding carboxylic acids is 2. The molecule has 25 heavy (non-hydrogen) atoms. The van der Waals surface area contributed by atoms with Gasteiger partial charge in [0.05, 0.1) is 12.7 Å². The fourth-order valence-corrected chi connectivity index (χ4v) is 2.61. The van der Waals surface area contributed by atoms with E-state index in [2.05, 4.69) is 0 Å². The van der Waals surface area contributed by atoms with Crippen molar-refractivity contribution in [2.24, 2.45) is 0 Å². The summed E-state index contributed by atoms with van der Waals surface area (Å²) in [5.74, 6) is -0.180. The van der Waals surface area contributed by atoms with Crippen molar-refractivity contribution >= 4 is 22.5 Å². The number of esters is 1. The Morgan fingerprint density at radius 3 is 2.36 bits per heavy atom. The van der Waals surface area contributed by atoms with Gasteiger partial charge in [-0.05, 0) is 41.5 Å². The SMILES string of the molecule is COc1cc(C(=O)OCC(=O)c2ccc3ccccc3c2)ccc1C. The van der Waals surface area contributed by atoms with Crippen LogP contribution in [0.5, 0.6) is 5.75 Å². The van der Waals surface area contributed by atoms with Gasteiger partial charge in [-0.15, -0.1) is 0 Å². The van der Waals surface area contributed by atoms with E-state index in [1.165, 1.54) is 0 Å². The Bertz CT molecular complexity index is 944. The van der Waals surface area contributed by atoms with E-state index in [1.54, 1.807) is 37.4 Å². The van der Waals surface area contributed by atoms with Gasteiger partial charge in [-0.2, -0.15) is 0 Å². The summed E-state index contributed by atoms with van der Waals surface area (Å²) in [4.78, 5) is 24.4. The van der Waals surface area contributed by atoms with E-state index < -0.39 is 5.97 Å². The molecule has 0 aliphatic heterocycles. The molecular weight excluding hydrogens is 316 g/mol. The van der Waals surface area contributed by atoms with Crippen LogP contribution in [-0.2, 0) is 4.74 Å². The zero-order valence-corrected chi connectivity index (χ0v) is 14.1. The summed E-state index contributed by atoms with van der Waals surface area (Å²) in [5, 5.41) is 2.03. The standard InChI is InChI=1S/C21H18O4/c1-14-7-8-18(12-20(14)24-2)21(23)25-13-19(22)17-10-9-15-5-3-4-6-16(15)11-17/h3-12H,13H2,1-2H3. The maximum Gasteiger partial charge on any atom is 0.338 e. The third kappa shape index (κ3) is 3.69. The summed E-state index contributed by atoms with van der Waals surface area (Å²) in [6.07, 6.45) is 0. The van der Waals surface area contributed by atoms with Crippen molar-refractivity contribution in [3.8, 4) is 5.75 Å². The number of rotatable bonds is 5. The lowest BCUT2D eigenvalue weighted by Crippen LogP contribution is -2.14. The first-order chi connectivity index (χ1) is 12.1. The van der Waals surface area contributed by atoms with Crippen LogP contribution >= 0.6 is 0 Å². The number of carbonyl (C=O) groups is 2. The Morgan fingerprint density at radius 2 is 1.60 bits per heavy atom. The molecule has 0 aliphatic rings. The second-order valence-corrected chi connectivity index (χ2v) is 5.75. The van der Waals surface area contributed by atoms with Crippen LogP contribution in [0.4, 0.5) is 0 Å². The van der Waals surface area contributed by atoms with E-state index in [4.69, 9.17) is 9.47 Å². The van der Waals surface area contributed by atoms with Crippen molar-refractivity contribution in [2.45, 2.75) is 6.92 Å². The van der Waals surface area contributed by atoms with E-state index in [9.17, 15) is 9.59 Å². The quantitative estimate of drug-likeness (QED) is 0.518. The van der Waals surface area contributed by atoms with E-state index in [1.807, 2.05) is 37.3 Å². The van der Waals surface area contributed by atoms with Crippen molar-refractivity contribution in [1.29, 1.82) is 0 Å². The van der Waals surface area contributed by atoms with E-state index in [0.717, 1.165) is 16.3 Å². The predicted octanol–water partition coefficient (Wildman–Crippen LogP) is 4.20. The first kappa shape index (κ1) is 16.7. The fraction of sp³-hybridized carbons (Fsp3) is 0.143. The molecule has 0 radical (unpaired) electrons. The molecule has 0 saturated carbocycles. The van der Waals surface area contributed by atoms with E-state index in [0.29, 0.717) is 16.9 Å². The van der Waals surface area contributed by atoms with Gasteiger partial charge in [0.2, 0.25) is 0 Å². The summed E-state index contributed by atoms with van der Waals surface area (Å²) in [6, 6.07) is 18.3. The van der Waals surface area contributed by atoms with Crippen molar-refractivity contribution in [3.05, 3.63) is 77.4 Å². The fourth-order valence-electron chi connectivity index (χ4n) is 2.61. The van der Waals surface area contributed by atoms with Crippen molar-refractivity contribution < 1.29 is 19.1 Å². The third-order valence-electron chi connectivity index (χ3n) is 4.05. The summed E-state index contributed by atoms with van der Waals surface area (Å²) in [5.41, 5.74) is 1.80. The van der Waals surface area contributed by atoms with Crippen molar-refractivity contribution in [3.63, 3.8) is 0 Å².